The maximum Gasteiger partial charge on any atom is 0.329 e. The van der Waals surface area contributed by atoms with Gasteiger partial charge in [0.2, 0.25) is 0 Å². The molecule has 0 saturated carbocycles. The number of esters is 1. The second kappa shape index (κ2) is 7.95. The number of hydrogen-bond donors (Lipinski definition) is 1. The molecule has 1 aromatic heterocycles. The lowest BCUT2D eigenvalue weighted by molar-refractivity contribution is -0.150. The highest BCUT2D eigenvalue weighted by Gasteiger charge is 2.41. The van der Waals surface area contributed by atoms with Gasteiger partial charge in [0, 0.05) is 6.20 Å². The van der Waals surface area contributed by atoms with E-state index in [4.69, 9.17) is 27.9 Å². The van der Waals surface area contributed by atoms with Gasteiger partial charge in [0.1, 0.15) is 6.04 Å². The fourth-order valence-corrected chi connectivity index (χ4v) is 3.02. The van der Waals surface area contributed by atoms with Crippen molar-refractivity contribution in [2.75, 3.05) is 11.9 Å². The van der Waals surface area contributed by atoms with Gasteiger partial charge in [-0.2, -0.15) is 0 Å². The third-order valence-electron chi connectivity index (χ3n) is 3.97. The van der Waals surface area contributed by atoms with Crippen molar-refractivity contribution in [1.29, 1.82) is 0 Å². The number of carbonyl (C=O) groups excluding carboxylic acids is 4. The Labute approximate surface area is 169 Å². The minimum atomic E-state index is -1.20. The number of hydrogen-bond acceptors (Lipinski definition) is 6. The maximum absolute atomic E-state index is 12.4. The summed E-state index contributed by atoms with van der Waals surface area (Å²) in [6.07, 6.45) is 1.29. The largest absolute Gasteiger partial charge is 0.454 e. The Morgan fingerprint density at radius 3 is 2.36 bits per heavy atom. The van der Waals surface area contributed by atoms with Crippen LogP contribution >= 0.6 is 23.2 Å². The van der Waals surface area contributed by atoms with Crippen LogP contribution in [-0.2, 0) is 14.3 Å². The van der Waals surface area contributed by atoms with Crippen LogP contribution in [-0.4, -0.2) is 46.2 Å². The SMILES string of the molecule is C[C@H](C(=O)OCC(=O)Nc1ncc(Cl)cc1Cl)N1C(=O)c2ccccc2C1=O. The number of pyridine rings is 1. The summed E-state index contributed by atoms with van der Waals surface area (Å²) in [5.41, 5.74) is 0.432. The van der Waals surface area contributed by atoms with Crippen molar-refractivity contribution in [2.45, 2.75) is 13.0 Å². The molecule has 8 nitrogen and oxygen atoms in total. The fraction of sp³-hybridized carbons (Fsp3) is 0.167. The Morgan fingerprint density at radius 2 is 1.79 bits per heavy atom. The molecule has 10 heteroatoms. The summed E-state index contributed by atoms with van der Waals surface area (Å²) in [7, 11) is 0. The summed E-state index contributed by atoms with van der Waals surface area (Å²) < 4.78 is 4.92. The number of benzene rings is 1. The molecular weight excluding hydrogens is 409 g/mol. The van der Waals surface area contributed by atoms with Crippen molar-refractivity contribution in [3.8, 4) is 0 Å². The Balaban J connectivity index is 1.60. The summed E-state index contributed by atoms with van der Waals surface area (Å²) in [5, 5.41) is 2.78. The van der Waals surface area contributed by atoms with Crippen molar-refractivity contribution >= 4 is 52.7 Å². The van der Waals surface area contributed by atoms with E-state index in [1.807, 2.05) is 0 Å². The zero-order valence-corrected chi connectivity index (χ0v) is 16.0. The van der Waals surface area contributed by atoms with Gasteiger partial charge < -0.3 is 10.1 Å². The van der Waals surface area contributed by atoms with Gasteiger partial charge in [0.05, 0.1) is 21.2 Å². The first-order chi connectivity index (χ1) is 13.3. The molecule has 0 radical (unpaired) electrons. The van der Waals surface area contributed by atoms with Gasteiger partial charge in [-0.15, -0.1) is 0 Å². The second-order valence-electron chi connectivity index (χ2n) is 5.84. The molecule has 2 aromatic rings. The lowest BCUT2D eigenvalue weighted by Gasteiger charge is -2.20. The number of halogens is 2. The summed E-state index contributed by atoms with van der Waals surface area (Å²) in [6, 6.07) is 6.45. The molecule has 0 unspecified atom stereocenters. The van der Waals surface area contributed by atoms with Gasteiger partial charge in [-0.25, -0.2) is 9.78 Å². The number of amides is 3. The molecule has 0 aliphatic carbocycles. The van der Waals surface area contributed by atoms with Crippen LogP contribution in [0, 0.1) is 0 Å². The van der Waals surface area contributed by atoms with Crippen molar-refractivity contribution in [3.05, 3.63) is 57.7 Å². The highest BCUT2D eigenvalue weighted by molar-refractivity contribution is 6.36. The molecule has 3 amide bonds. The summed E-state index contributed by atoms with van der Waals surface area (Å²) in [4.78, 5) is 53.6. The normalized spacial score (nSPS) is 13.9. The minimum Gasteiger partial charge on any atom is -0.454 e. The number of aromatic nitrogens is 1. The highest BCUT2D eigenvalue weighted by Crippen LogP contribution is 2.25. The van der Waals surface area contributed by atoms with Crippen molar-refractivity contribution < 1.29 is 23.9 Å². The molecule has 28 heavy (non-hydrogen) atoms. The van der Waals surface area contributed by atoms with Crippen LogP contribution in [0.4, 0.5) is 5.82 Å². The minimum absolute atomic E-state index is 0.0560. The fourth-order valence-electron chi connectivity index (χ4n) is 2.60. The van der Waals surface area contributed by atoms with E-state index in [1.54, 1.807) is 12.1 Å². The standard InChI is InChI=1S/C18H13Cl2N3O5/c1-9(23-16(25)11-4-2-3-5-12(11)17(23)26)18(27)28-8-14(24)22-15-13(20)6-10(19)7-21-15/h2-7,9H,8H2,1H3,(H,21,22,24)/t9-/m1/s1. The van der Waals surface area contributed by atoms with E-state index in [2.05, 4.69) is 10.3 Å². The van der Waals surface area contributed by atoms with E-state index in [0.717, 1.165) is 4.90 Å². The van der Waals surface area contributed by atoms with Crippen LogP contribution in [0.15, 0.2) is 36.5 Å². The van der Waals surface area contributed by atoms with Gasteiger partial charge in [0.25, 0.3) is 17.7 Å². The van der Waals surface area contributed by atoms with Gasteiger partial charge in [0.15, 0.2) is 12.4 Å². The molecule has 0 spiro atoms. The third kappa shape index (κ3) is 3.83. The Morgan fingerprint density at radius 1 is 1.18 bits per heavy atom. The molecule has 1 aliphatic heterocycles. The highest BCUT2D eigenvalue weighted by atomic mass is 35.5. The maximum atomic E-state index is 12.4. The first kappa shape index (κ1) is 19.8. The van der Waals surface area contributed by atoms with Crippen molar-refractivity contribution in [1.82, 2.24) is 9.88 Å². The summed E-state index contributed by atoms with van der Waals surface area (Å²) in [6.45, 7) is 0.701. The van der Waals surface area contributed by atoms with Gasteiger partial charge in [-0.05, 0) is 25.1 Å². The average Bonchev–Trinajstić information content (AvgIpc) is 2.92. The number of nitrogens with one attached hydrogen (secondary N) is 1. The zero-order valence-electron chi connectivity index (χ0n) is 14.4. The molecule has 1 atom stereocenters. The lowest BCUT2D eigenvalue weighted by atomic mass is 10.1. The quantitative estimate of drug-likeness (QED) is 0.587. The van der Waals surface area contributed by atoms with Gasteiger partial charge in [-0.1, -0.05) is 35.3 Å². The van der Waals surface area contributed by atoms with Crippen LogP contribution in [0.2, 0.25) is 10.0 Å². The molecular formula is C18H13Cl2N3O5. The molecule has 0 bridgehead atoms. The average molecular weight is 422 g/mol. The van der Waals surface area contributed by atoms with E-state index in [9.17, 15) is 19.2 Å². The van der Waals surface area contributed by atoms with Crippen LogP contribution in [0.5, 0.6) is 0 Å². The number of carbonyl (C=O) groups is 4. The molecule has 1 aliphatic rings. The van der Waals surface area contributed by atoms with Crippen molar-refractivity contribution in [3.63, 3.8) is 0 Å². The number of imide groups is 1. The van der Waals surface area contributed by atoms with Gasteiger partial charge in [-0.3, -0.25) is 19.3 Å². The van der Waals surface area contributed by atoms with E-state index >= 15 is 0 Å². The number of ether oxygens (including phenoxy) is 1. The summed E-state index contributed by atoms with van der Waals surface area (Å²) >= 11 is 11.6. The number of nitrogens with zero attached hydrogens (tertiary/aromatic N) is 2. The Hall–Kier alpha value is -2.97. The van der Waals surface area contributed by atoms with E-state index in [-0.39, 0.29) is 22.0 Å². The molecule has 2 heterocycles. The Bertz CT molecular complexity index is 960. The molecule has 3 rings (SSSR count). The summed E-state index contributed by atoms with van der Waals surface area (Å²) in [5.74, 6) is -2.72. The van der Waals surface area contributed by atoms with Gasteiger partial charge >= 0.3 is 5.97 Å². The van der Waals surface area contributed by atoms with Crippen molar-refractivity contribution in [2.24, 2.45) is 0 Å². The molecule has 1 N–H and O–H groups in total. The topological polar surface area (TPSA) is 106 Å². The molecule has 144 valence electrons. The van der Waals surface area contributed by atoms with E-state index in [1.165, 1.54) is 31.3 Å². The molecule has 0 saturated heterocycles. The predicted octanol–water partition coefficient (Wildman–Crippen LogP) is 2.55. The third-order valence-corrected chi connectivity index (χ3v) is 4.46. The number of anilines is 1. The monoisotopic (exact) mass is 421 g/mol. The molecule has 1 aromatic carbocycles. The smallest absolute Gasteiger partial charge is 0.329 e. The number of rotatable bonds is 5. The van der Waals surface area contributed by atoms with E-state index in [0.29, 0.717) is 5.02 Å². The van der Waals surface area contributed by atoms with Crippen LogP contribution in [0.3, 0.4) is 0 Å². The first-order valence-corrected chi connectivity index (χ1v) is 8.79. The molecule has 0 fully saturated rings. The lowest BCUT2D eigenvalue weighted by Crippen LogP contribution is -2.44. The van der Waals surface area contributed by atoms with Crippen LogP contribution in [0.1, 0.15) is 27.6 Å². The van der Waals surface area contributed by atoms with Crippen LogP contribution in [0.25, 0.3) is 0 Å². The number of fused-ring (bicyclic) bond motifs is 1. The zero-order chi connectivity index (χ0) is 20.4. The first-order valence-electron chi connectivity index (χ1n) is 8.04. The Kier molecular flexibility index (Phi) is 5.62. The van der Waals surface area contributed by atoms with Crippen LogP contribution < -0.4 is 5.32 Å². The predicted molar refractivity (Wildman–Crippen MR) is 100 cm³/mol. The van der Waals surface area contributed by atoms with E-state index < -0.39 is 36.3 Å². The second-order valence-corrected chi connectivity index (χ2v) is 6.69.